The van der Waals surface area contributed by atoms with Gasteiger partial charge in [0.05, 0.1) is 39.3 Å². The number of methoxy groups -OCH3 is 3. The van der Waals surface area contributed by atoms with Gasteiger partial charge in [-0.3, -0.25) is 14.8 Å². The number of hydrogen-bond acceptors (Lipinski definition) is 6. The number of carbonyl (C=O) groups is 1. The molecule has 1 N–H and O–H groups in total. The number of aliphatic imine (C=N–C) groups is 1. The Bertz CT molecular complexity index is 1140. The summed E-state index contributed by atoms with van der Waals surface area (Å²) in [7, 11) is 4.76. The standard InChI is InChI=1S/C24H23N3O4/c1-14(28)27-17-7-5-15(6-8-17)18-9-10-25-19-13-26-23(22(18)19)16-11-20(29-2)24(31-4)21(12-16)30-3/h5-12H,13H2,1-4H3,(H,27,28). The zero-order chi connectivity index (χ0) is 22.0. The number of aromatic nitrogens is 1. The second-order valence-corrected chi connectivity index (χ2v) is 7.02. The lowest BCUT2D eigenvalue weighted by atomic mass is 9.93. The van der Waals surface area contributed by atoms with Crippen molar-refractivity contribution in [2.24, 2.45) is 4.99 Å². The van der Waals surface area contributed by atoms with Gasteiger partial charge >= 0.3 is 0 Å². The average molecular weight is 417 g/mol. The highest BCUT2D eigenvalue weighted by molar-refractivity contribution is 6.18. The molecule has 1 aliphatic heterocycles. The third kappa shape index (κ3) is 3.82. The summed E-state index contributed by atoms with van der Waals surface area (Å²) in [6.45, 7) is 1.99. The fourth-order valence-corrected chi connectivity index (χ4v) is 3.75. The second kappa shape index (κ2) is 8.47. The third-order valence-corrected chi connectivity index (χ3v) is 5.11. The lowest BCUT2D eigenvalue weighted by Crippen LogP contribution is -2.07. The summed E-state index contributed by atoms with van der Waals surface area (Å²) in [6.07, 6.45) is 1.80. The highest BCUT2D eigenvalue weighted by atomic mass is 16.5. The van der Waals surface area contributed by atoms with Crippen LogP contribution in [0.2, 0.25) is 0 Å². The summed E-state index contributed by atoms with van der Waals surface area (Å²) >= 11 is 0. The van der Waals surface area contributed by atoms with E-state index in [1.54, 1.807) is 27.5 Å². The number of anilines is 1. The van der Waals surface area contributed by atoms with Gasteiger partial charge in [0.25, 0.3) is 0 Å². The molecule has 1 aliphatic rings. The molecule has 0 saturated carbocycles. The monoisotopic (exact) mass is 417 g/mol. The lowest BCUT2D eigenvalue weighted by molar-refractivity contribution is -0.114. The molecule has 2 aromatic carbocycles. The highest BCUT2D eigenvalue weighted by Crippen LogP contribution is 2.40. The van der Waals surface area contributed by atoms with E-state index >= 15 is 0 Å². The molecule has 4 rings (SSSR count). The third-order valence-electron chi connectivity index (χ3n) is 5.11. The molecular formula is C24H23N3O4. The minimum Gasteiger partial charge on any atom is -0.493 e. The molecule has 7 nitrogen and oxygen atoms in total. The van der Waals surface area contributed by atoms with Gasteiger partial charge in [0.1, 0.15) is 0 Å². The zero-order valence-corrected chi connectivity index (χ0v) is 17.9. The Kier molecular flexibility index (Phi) is 5.58. The minimum absolute atomic E-state index is 0.102. The topological polar surface area (TPSA) is 82.0 Å². The Morgan fingerprint density at radius 3 is 2.19 bits per heavy atom. The van der Waals surface area contributed by atoms with Gasteiger partial charge in [-0.15, -0.1) is 0 Å². The van der Waals surface area contributed by atoms with Crippen LogP contribution in [-0.2, 0) is 11.3 Å². The molecule has 158 valence electrons. The summed E-state index contributed by atoms with van der Waals surface area (Å²) in [5.41, 5.74) is 6.34. The van der Waals surface area contributed by atoms with E-state index in [-0.39, 0.29) is 5.91 Å². The number of rotatable bonds is 6. The van der Waals surface area contributed by atoms with Crippen molar-refractivity contribution >= 4 is 17.3 Å². The molecule has 31 heavy (non-hydrogen) atoms. The van der Waals surface area contributed by atoms with Crippen LogP contribution in [0.5, 0.6) is 17.2 Å². The molecular weight excluding hydrogens is 394 g/mol. The zero-order valence-electron chi connectivity index (χ0n) is 17.9. The van der Waals surface area contributed by atoms with Gasteiger partial charge in [0.15, 0.2) is 11.5 Å². The SMILES string of the molecule is COc1cc(C2=NCc3nccc(-c4ccc(NC(C)=O)cc4)c32)cc(OC)c1OC. The average Bonchev–Trinajstić information content (AvgIpc) is 3.22. The van der Waals surface area contributed by atoms with E-state index in [9.17, 15) is 4.79 Å². The second-order valence-electron chi connectivity index (χ2n) is 7.02. The first-order valence-electron chi connectivity index (χ1n) is 9.76. The molecule has 0 fully saturated rings. The predicted molar refractivity (Wildman–Crippen MR) is 119 cm³/mol. The molecule has 0 saturated heterocycles. The van der Waals surface area contributed by atoms with Crippen molar-refractivity contribution in [1.82, 2.24) is 4.98 Å². The Morgan fingerprint density at radius 1 is 0.935 bits per heavy atom. The van der Waals surface area contributed by atoms with Crippen LogP contribution in [0.15, 0.2) is 53.7 Å². The molecule has 2 heterocycles. The van der Waals surface area contributed by atoms with E-state index in [4.69, 9.17) is 19.2 Å². The van der Waals surface area contributed by atoms with Gasteiger partial charge in [-0.1, -0.05) is 12.1 Å². The normalized spacial score (nSPS) is 12.1. The summed E-state index contributed by atoms with van der Waals surface area (Å²) in [6, 6.07) is 13.5. The van der Waals surface area contributed by atoms with Crippen molar-refractivity contribution in [2.75, 3.05) is 26.6 Å². The number of fused-ring (bicyclic) bond motifs is 1. The van der Waals surface area contributed by atoms with Gasteiger partial charge < -0.3 is 19.5 Å². The first-order chi connectivity index (χ1) is 15.0. The van der Waals surface area contributed by atoms with E-state index in [1.165, 1.54) is 6.92 Å². The van der Waals surface area contributed by atoms with Crippen LogP contribution in [0.25, 0.3) is 11.1 Å². The Morgan fingerprint density at radius 2 is 1.61 bits per heavy atom. The number of nitrogens with zero attached hydrogens (tertiary/aromatic N) is 2. The van der Waals surface area contributed by atoms with Crippen LogP contribution in [0.4, 0.5) is 5.69 Å². The molecule has 0 bridgehead atoms. The molecule has 0 aliphatic carbocycles. The Balaban J connectivity index is 1.80. The predicted octanol–water partition coefficient (Wildman–Crippen LogP) is 4.08. The summed E-state index contributed by atoms with van der Waals surface area (Å²) < 4.78 is 16.5. The quantitative estimate of drug-likeness (QED) is 0.653. The first kappa shape index (κ1) is 20.4. The Labute approximate surface area is 180 Å². The van der Waals surface area contributed by atoms with Crippen LogP contribution < -0.4 is 19.5 Å². The van der Waals surface area contributed by atoms with E-state index in [0.29, 0.717) is 23.8 Å². The molecule has 1 amide bonds. The minimum atomic E-state index is -0.102. The molecule has 0 radical (unpaired) electrons. The first-order valence-corrected chi connectivity index (χ1v) is 9.76. The van der Waals surface area contributed by atoms with Crippen molar-refractivity contribution in [3.05, 3.63) is 65.5 Å². The molecule has 3 aromatic rings. The maximum absolute atomic E-state index is 11.3. The number of amides is 1. The van der Waals surface area contributed by atoms with Crippen LogP contribution in [0.3, 0.4) is 0 Å². The number of pyridine rings is 1. The maximum Gasteiger partial charge on any atom is 0.221 e. The van der Waals surface area contributed by atoms with Crippen molar-refractivity contribution in [3.8, 4) is 28.4 Å². The van der Waals surface area contributed by atoms with E-state index < -0.39 is 0 Å². The van der Waals surface area contributed by atoms with Crippen molar-refractivity contribution in [1.29, 1.82) is 0 Å². The number of carbonyl (C=O) groups excluding carboxylic acids is 1. The van der Waals surface area contributed by atoms with Crippen LogP contribution in [0.1, 0.15) is 23.7 Å². The smallest absolute Gasteiger partial charge is 0.221 e. The lowest BCUT2D eigenvalue weighted by Gasteiger charge is -2.16. The fraction of sp³-hybridized carbons (Fsp3) is 0.208. The summed E-state index contributed by atoms with van der Waals surface area (Å²) in [5.74, 6) is 1.57. The summed E-state index contributed by atoms with van der Waals surface area (Å²) in [5, 5.41) is 2.79. The van der Waals surface area contributed by atoms with E-state index in [1.807, 2.05) is 42.5 Å². The Hall–Kier alpha value is -3.87. The number of nitrogens with one attached hydrogen (secondary N) is 1. The molecule has 0 atom stereocenters. The van der Waals surface area contributed by atoms with Crippen molar-refractivity contribution in [3.63, 3.8) is 0 Å². The number of hydrogen-bond donors (Lipinski definition) is 1. The fourth-order valence-electron chi connectivity index (χ4n) is 3.75. The molecule has 7 heteroatoms. The molecule has 0 unspecified atom stereocenters. The number of ether oxygens (including phenoxy) is 3. The van der Waals surface area contributed by atoms with Crippen LogP contribution in [-0.4, -0.2) is 37.9 Å². The van der Waals surface area contributed by atoms with Crippen LogP contribution in [0, 0.1) is 0 Å². The number of benzene rings is 2. The van der Waals surface area contributed by atoms with Gasteiger partial charge in [0.2, 0.25) is 11.7 Å². The van der Waals surface area contributed by atoms with Gasteiger partial charge in [-0.05, 0) is 41.5 Å². The van der Waals surface area contributed by atoms with E-state index in [2.05, 4.69) is 10.3 Å². The van der Waals surface area contributed by atoms with Crippen molar-refractivity contribution < 1.29 is 19.0 Å². The van der Waals surface area contributed by atoms with Gasteiger partial charge in [-0.2, -0.15) is 0 Å². The van der Waals surface area contributed by atoms with Crippen LogP contribution >= 0.6 is 0 Å². The molecule has 1 aromatic heterocycles. The van der Waals surface area contributed by atoms with Crippen molar-refractivity contribution in [2.45, 2.75) is 13.5 Å². The van der Waals surface area contributed by atoms with Gasteiger partial charge in [0, 0.05) is 29.9 Å². The molecule has 0 spiro atoms. The highest BCUT2D eigenvalue weighted by Gasteiger charge is 2.25. The van der Waals surface area contributed by atoms with E-state index in [0.717, 1.165) is 39.3 Å². The largest absolute Gasteiger partial charge is 0.493 e. The summed E-state index contributed by atoms with van der Waals surface area (Å²) in [4.78, 5) is 20.6. The van der Waals surface area contributed by atoms with Gasteiger partial charge in [-0.25, -0.2) is 0 Å². The maximum atomic E-state index is 11.3.